The molecule has 0 N–H and O–H groups in total. The van der Waals surface area contributed by atoms with Gasteiger partial charge in [0.1, 0.15) is 0 Å². The van der Waals surface area contributed by atoms with Gasteiger partial charge in [0.15, 0.2) is 0 Å². The molecule has 0 aromatic heterocycles. The van der Waals surface area contributed by atoms with E-state index in [1.807, 2.05) is 0 Å². The predicted molar refractivity (Wildman–Crippen MR) is 76.3 cm³/mol. The Morgan fingerprint density at radius 2 is 1.83 bits per heavy atom. The number of ether oxygens (including phenoxy) is 1. The predicted octanol–water partition coefficient (Wildman–Crippen LogP) is 4.42. The Morgan fingerprint density at radius 1 is 1.11 bits per heavy atom. The first-order valence-electron chi connectivity index (χ1n) is 6.71. The van der Waals surface area contributed by atoms with E-state index in [1.165, 1.54) is 24.8 Å². The molecule has 1 atom stereocenters. The van der Waals surface area contributed by atoms with Crippen LogP contribution in [0.25, 0.3) is 5.57 Å². The summed E-state index contributed by atoms with van der Waals surface area (Å²) in [5, 5.41) is 0. The van der Waals surface area contributed by atoms with Gasteiger partial charge in [-0.05, 0) is 48.1 Å². The topological polar surface area (TPSA) is 9.23 Å². The molecule has 1 aromatic rings. The summed E-state index contributed by atoms with van der Waals surface area (Å²) in [6, 6.07) is 8.80. The minimum absolute atomic E-state index is 0.331. The van der Waals surface area contributed by atoms with Crippen LogP contribution < -0.4 is 0 Å². The highest BCUT2D eigenvalue weighted by molar-refractivity contribution is 9.10. The molecule has 0 amide bonds. The molecule has 1 aliphatic heterocycles. The van der Waals surface area contributed by atoms with E-state index in [2.05, 4.69) is 47.1 Å². The molecule has 0 unspecified atom stereocenters. The van der Waals surface area contributed by atoms with Crippen molar-refractivity contribution in [1.82, 2.24) is 0 Å². The van der Waals surface area contributed by atoms with Gasteiger partial charge >= 0.3 is 0 Å². The van der Waals surface area contributed by atoms with E-state index in [4.69, 9.17) is 4.74 Å². The van der Waals surface area contributed by atoms with Crippen molar-refractivity contribution >= 4 is 21.5 Å². The molecule has 0 radical (unpaired) electrons. The van der Waals surface area contributed by atoms with E-state index in [9.17, 15) is 0 Å². The molecule has 1 saturated carbocycles. The first-order valence-corrected chi connectivity index (χ1v) is 7.50. The lowest BCUT2D eigenvalue weighted by atomic mass is 9.57. The summed E-state index contributed by atoms with van der Waals surface area (Å²) in [5.41, 5.74) is 5.50. The lowest BCUT2D eigenvalue weighted by molar-refractivity contribution is -0.00596. The molecule has 2 heteroatoms. The maximum absolute atomic E-state index is 5.85. The van der Waals surface area contributed by atoms with Gasteiger partial charge in [-0.15, -0.1) is 0 Å². The smallest absolute Gasteiger partial charge is 0.0561 e. The zero-order chi connectivity index (χ0) is 12.4. The van der Waals surface area contributed by atoms with Gasteiger partial charge in [0.05, 0.1) is 13.2 Å². The molecule has 0 bridgehead atoms. The van der Waals surface area contributed by atoms with Gasteiger partial charge in [0.2, 0.25) is 0 Å². The summed E-state index contributed by atoms with van der Waals surface area (Å²) < 4.78 is 7.01. The van der Waals surface area contributed by atoms with Crippen molar-refractivity contribution in [2.45, 2.75) is 26.2 Å². The summed E-state index contributed by atoms with van der Waals surface area (Å²) in [6.07, 6.45) is 3.85. The third-order valence-electron chi connectivity index (χ3n) is 4.85. The van der Waals surface area contributed by atoms with Crippen LogP contribution in [0.15, 0.2) is 34.3 Å². The van der Waals surface area contributed by atoms with E-state index >= 15 is 0 Å². The molecule has 18 heavy (non-hydrogen) atoms. The second kappa shape index (κ2) is 3.49. The van der Waals surface area contributed by atoms with Crippen molar-refractivity contribution in [2.24, 2.45) is 10.8 Å². The molecule has 1 nitrogen and oxygen atoms in total. The SMILES string of the molecule is C[C@]12COCC3(CC3)C1=C(c1ccc(Br)cc1)C2. The van der Waals surface area contributed by atoms with Crippen LogP contribution in [0, 0.1) is 10.8 Å². The highest BCUT2D eigenvalue weighted by atomic mass is 79.9. The Labute approximate surface area is 116 Å². The van der Waals surface area contributed by atoms with Gasteiger partial charge in [0.25, 0.3) is 0 Å². The van der Waals surface area contributed by atoms with E-state index in [1.54, 1.807) is 11.1 Å². The molecular formula is C16H17BrO. The highest BCUT2D eigenvalue weighted by Crippen LogP contribution is 2.68. The van der Waals surface area contributed by atoms with Crippen LogP contribution in [0.4, 0.5) is 0 Å². The fourth-order valence-electron chi connectivity index (χ4n) is 3.89. The van der Waals surface area contributed by atoms with Crippen LogP contribution in [0.2, 0.25) is 0 Å². The zero-order valence-electron chi connectivity index (χ0n) is 10.6. The zero-order valence-corrected chi connectivity index (χ0v) is 12.2. The Kier molecular flexibility index (Phi) is 2.18. The molecule has 2 aliphatic carbocycles. The fraction of sp³-hybridized carbons (Fsp3) is 0.500. The number of rotatable bonds is 1. The van der Waals surface area contributed by atoms with Crippen LogP contribution >= 0.6 is 15.9 Å². The molecular weight excluding hydrogens is 288 g/mol. The summed E-state index contributed by atoms with van der Waals surface area (Å²) in [6.45, 7) is 4.26. The highest BCUT2D eigenvalue weighted by Gasteiger charge is 2.60. The lowest BCUT2D eigenvalue weighted by Crippen LogP contribution is -2.45. The molecule has 1 saturated heterocycles. The second-order valence-corrected chi connectivity index (χ2v) is 7.29. The standard InChI is InChI=1S/C16H17BrO/c1-15-8-13(11-2-4-12(17)5-3-11)14(15)16(6-7-16)10-18-9-15/h2-5H,6-10H2,1H3/t15-/m0/s1. The molecule has 3 aliphatic rings. The van der Waals surface area contributed by atoms with Gasteiger partial charge in [-0.2, -0.15) is 0 Å². The summed E-state index contributed by atoms with van der Waals surface area (Å²) in [7, 11) is 0. The third kappa shape index (κ3) is 1.42. The van der Waals surface area contributed by atoms with Crippen molar-refractivity contribution in [1.29, 1.82) is 0 Å². The summed E-state index contributed by atoms with van der Waals surface area (Å²) >= 11 is 3.51. The van der Waals surface area contributed by atoms with Crippen LogP contribution in [-0.2, 0) is 4.74 Å². The van der Waals surface area contributed by atoms with Crippen molar-refractivity contribution in [3.05, 3.63) is 39.9 Å². The Bertz CT molecular complexity index is 539. The maximum atomic E-state index is 5.85. The number of fused-ring (bicyclic) bond motifs is 2. The monoisotopic (exact) mass is 304 g/mol. The van der Waals surface area contributed by atoms with Crippen LogP contribution in [-0.4, -0.2) is 13.2 Å². The van der Waals surface area contributed by atoms with Gasteiger partial charge in [-0.3, -0.25) is 0 Å². The number of hydrogen-bond donors (Lipinski definition) is 0. The Balaban J connectivity index is 1.81. The Morgan fingerprint density at radius 3 is 2.50 bits per heavy atom. The number of halogens is 1. The van der Waals surface area contributed by atoms with Crippen molar-refractivity contribution in [3.63, 3.8) is 0 Å². The van der Waals surface area contributed by atoms with Gasteiger partial charge in [-0.25, -0.2) is 0 Å². The van der Waals surface area contributed by atoms with Crippen LogP contribution in [0.1, 0.15) is 31.7 Å². The second-order valence-electron chi connectivity index (χ2n) is 6.37. The molecule has 1 heterocycles. The minimum Gasteiger partial charge on any atom is -0.380 e. The first kappa shape index (κ1) is 11.2. The average Bonchev–Trinajstić information content (AvgIpc) is 3.06. The largest absolute Gasteiger partial charge is 0.380 e. The van der Waals surface area contributed by atoms with Crippen molar-refractivity contribution in [2.75, 3.05) is 13.2 Å². The summed E-state index contributed by atoms with van der Waals surface area (Å²) in [4.78, 5) is 0. The van der Waals surface area contributed by atoms with Crippen molar-refractivity contribution < 1.29 is 4.74 Å². The number of allylic oxidation sites excluding steroid dienone is 1. The number of benzene rings is 1. The van der Waals surface area contributed by atoms with Crippen LogP contribution in [0.5, 0.6) is 0 Å². The molecule has 94 valence electrons. The molecule has 4 rings (SSSR count). The number of hydrogen-bond acceptors (Lipinski definition) is 1. The molecule has 2 fully saturated rings. The van der Waals surface area contributed by atoms with Gasteiger partial charge in [0, 0.05) is 15.3 Å². The van der Waals surface area contributed by atoms with E-state index in [-0.39, 0.29) is 0 Å². The molecule has 1 spiro atoms. The average molecular weight is 305 g/mol. The van der Waals surface area contributed by atoms with Gasteiger partial charge in [-0.1, -0.05) is 35.0 Å². The summed E-state index contributed by atoms with van der Waals surface area (Å²) in [5.74, 6) is 0. The van der Waals surface area contributed by atoms with E-state index in [0.717, 1.165) is 17.7 Å². The van der Waals surface area contributed by atoms with E-state index in [0.29, 0.717) is 10.8 Å². The van der Waals surface area contributed by atoms with Crippen molar-refractivity contribution in [3.8, 4) is 0 Å². The normalized spacial score (nSPS) is 32.1. The quantitative estimate of drug-likeness (QED) is 0.746. The lowest BCUT2D eigenvalue weighted by Gasteiger charge is -2.51. The van der Waals surface area contributed by atoms with E-state index < -0.39 is 0 Å². The minimum atomic E-state index is 0.331. The first-order chi connectivity index (χ1) is 8.63. The third-order valence-corrected chi connectivity index (χ3v) is 5.38. The Hall–Kier alpha value is -0.600. The fourth-order valence-corrected chi connectivity index (χ4v) is 4.16. The van der Waals surface area contributed by atoms with Gasteiger partial charge < -0.3 is 4.74 Å². The van der Waals surface area contributed by atoms with Crippen LogP contribution in [0.3, 0.4) is 0 Å². The maximum Gasteiger partial charge on any atom is 0.0561 e. The molecule has 1 aromatic carbocycles.